The standard InChI is InChI=1S/C10H14N2O2S/c1-10(2,3)12-9(15)11-8(13)7-5-4-6-14-7/h4-6H,1-3H3,(H2,11,12,13,15). The predicted molar refractivity (Wildman–Crippen MR) is 61.7 cm³/mol. The first-order valence-corrected chi connectivity index (χ1v) is 4.96. The zero-order valence-electron chi connectivity index (χ0n) is 8.96. The minimum absolute atomic E-state index is 0.173. The van der Waals surface area contributed by atoms with Crippen LogP contribution in [0.15, 0.2) is 22.8 Å². The van der Waals surface area contributed by atoms with Gasteiger partial charge in [0.2, 0.25) is 0 Å². The highest BCUT2D eigenvalue weighted by Gasteiger charge is 2.14. The number of amides is 1. The second-order valence-electron chi connectivity index (χ2n) is 4.14. The average Bonchev–Trinajstić information content (AvgIpc) is 2.50. The van der Waals surface area contributed by atoms with Crippen LogP contribution in [0.3, 0.4) is 0 Å². The Morgan fingerprint density at radius 3 is 2.60 bits per heavy atom. The highest BCUT2D eigenvalue weighted by atomic mass is 32.1. The van der Waals surface area contributed by atoms with E-state index in [1.807, 2.05) is 20.8 Å². The Labute approximate surface area is 94.0 Å². The lowest BCUT2D eigenvalue weighted by Crippen LogP contribution is -2.48. The highest BCUT2D eigenvalue weighted by molar-refractivity contribution is 7.80. The van der Waals surface area contributed by atoms with E-state index in [1.54, 1.807) is 12.1 Å². The smallest absolute Gasteiger partial charge is 0.293 e. The summed E-state index contributed by atoms with van der Waals surface area (Å²) < 4.78 is 4.93. The molecule has 1 aromatic heterocycles. The van der Waals surface area contributed by atoms with E-state index in [0.29, 0.717) is 5.11 Å². The molecule has 1 aromatic rings. The van der Waals surface area contributed by atoms with Gasteiger partial charge < -0.3 is 9.73 Å². The molecule has 0 saturated heterocycles. The van der Waals surface area contributed by atoms with E-state index in [4.69, 9.17) is 16.6 Å². The molecule has 4 nitrogen and oxygen atoms in total. The van der Waals surface area contributed by atoms with Gasteiger partial charge in [0.1, 0.15) is 0 Å². The molecule has 82 valence electrons. The predicted octanol–water partition coefficient (Wildman–Crippen LogP) is 1.68. The number of furan rings is 1. The van der Waals surface area contributed by atoms with Gasteiger partial charge >= 0.3 is 0 Å². The zero-order valence-corrected chi connectivity index (χ0v) is 9.77. The average molecular weight is 226 g/mol. The Bertz CT molecular complexity index is 352. The van der Waals surface area contributed by atoms with Crippen LogP contribution in [-0.4, -0.2) is 16.6 Å². The fourth-order valence-electron chi connectivity index (χ4n) is 0.944. The SMILES string of the molecule is CC(C)(C)NC(=S)NC(=O)c1ccco1. The van der Waals surface area contributed by atoms with Gasteiger partial charge in [-0.3, -0.25) is 10.1 Å². The number of thiocarbonyl (C=S) groups is 1. The second-order valence-corrected chi connectivity index (χ2v) is 4.54. The van der Waals surface area contributed by atoms with Crippen LogP contribution in [0.1, 0.15) is 31.3 Å². The van der Waals surface area contributed by atoms with E-state index in [1.165, 1.54) is 6.26 Å². The van der Waals surface area contributed by atoms with Crippen LogP contribution in [0.4, 0.5) is 0 Å². The summed E-state index contributed by atoms with van der Waals surface area (Å²) in [6.07, 6.45) is 1.44. The molecule has 1 heterocycles. The summed E-state index contributed by atoms with van der Waals surface area (Å²) in [5, 5.41) is 5.79. The monoisotopic (exact) mass is 226 g/mol. The van der Waals surface area contributed by atoms with Crippen molar-refractivity contribution in [1.82, 2.24) is 10.6 Å². The Balaban J connectivity index is 2.50. The quantitative estimate of drug-likeness (QED) is 0.715. The normalized spacial score (nSPS) is 10.9. The summed E-state index contributed by atoms with van der Waals surface area (Å²) in [4.78, 5) is 11.5. The number of carbonyl (C=O) groups excluding carboxylic acids is 1. The molecular weight excluding hydrogens is 212 g/mol. The van der Waals surface area contributed by atoms with Crippen molar-refractivity contribution >= 4 is 23.2 Å². The number of hydrogen-bond acceptors (Lipinski definition) is 3. The molecular formula is C10H14N2O2S. The third-order valence-corrected chi connectivity index (χ3v) is 1.66. The molecule has 1 amide bonds. The molecule has 0 unspecified atom stereocenters. The highest BCUT2D eigenvalue weighted by Crippen LogP contribution is 2.00. The van der Waals surface area contributed by atoms with Gasteiger partial charge in [0.05, 0.1) is 6.26 Å². The molecule has 5 heteroatoms. The van der Waals surface area contributed by atoms with Gasteiger partial charge in [0.15, 0.2) is 10.9 Å². The fraction of sp³-hybridized carbons (Fsp3) is 0.400. The topological polar surface area (TPSA) is 54.3 Å². The zero-order chi connectivity index (χ0) is 11.5. The maximum absolute atomic E-state index is 11.5. The van der Waals surface area contributed by atoms with E-state index in [2.05, 4.69) is 10.6 Å². The Kier molecular flexibility index (Phi) is 3.47. The van der Waals surface area contributed by atoms with Crippen molar-refractivity contribution in [2.45, 2.75) is 26.3 Å². The molecule has 0 radical (unpaired) electrons. The van der Waals surface area contributed by atoms with Crippen molar-refractivity contribution in [3.63, 3.8) is 0 Å². The van der Waals surface area contributed by atoms with E-state index in [-0.39, 0.29) is 17.2 Å². The Morgan fingerprint density at radius 1 is 1.47 bits per heavy atom. The van der Waals surface area contributed by atoms with E-state index in [0.717, 1.165) is 0 Å². The van der Waals surface area contributed by atoms with Gasteiger partial charge in [-0.15, -0.1) is 0 Å². The lowest BCUT2D eigenvalue weighted by Gasteiger charge is -2.22. The third-order valence-electron chi connectivity index (χ3n) is 1.46. The number of hydrogen-bond donors (Lipinski definition) is 2. The van der Waals surface area contributed by atoms with Crippen molar-refractivity contribution in [1.29, 1.82) is 0 Å². The maximum Gasteiger partial charge on any atom is 0.293 e. The molecule has 2 N–H and O–H groups in total. The molecule has 1 rings (SSSR count). The summed E-state index contributed by atoms with van der Waals surface area (Å²) in [7, 11) is 0. The number of rotatable bonds is 1. The minimum Gasteiger partial charge on any atom is -0.459 e. The maximum atomic E-state index is 11.5. The van der Waals surface area contributed by atoms with Gasteiger partial charge in [-0.25, -0.2) is 0 Å². The van der Waals surface area contributed by atoms with Crippen molar-refractivity contribution in [2.24, 2.45) is 0 Å². The van der Waals surface area contributed by atoms with Crippen molar-refractivity contribution in [2.75, 3.05) is 0 Å². The van der Waals surface area contributed by atoms with Crippen LogP contribution >= 0.6 is 12.2 Å². The van der Waals surface area contributed by atoms with Gasteiger partial charge in [-0.1, -0.05) is 0 Å². The summed E-state index contributed by atoms with van der Waals surface area (Å²) in [5.74, 6) is -0.102. The molecule has 0 fully saturated rings. The summed E-state index contributed by atoms with van der Waals surface area (Å²) >= 11 is 4.97. The largest absolute Gasteiger partial charge is 0.459 e. The van der Waals surface area contributed by atoms with Crippen LogP contribution in [0.2, 0.25) is 0 Å². The van der Waals surface area contributed by atoms with Crippen LogP contribution in [0, 0.1) is 0 Å². The number of nitrogens with one attached hydrogen (secondary N) is 2. The van der Waals surface area contributed by atoms with E-state index < -0.39 is 0 Å². The van der Waals surface area contributed by atoms with Crippen LogP contribution in [0.5, 0.6) is 0 Å². The number of carbonyl (C=O) groups is 1. The minimum atomic E-state index is -0.346. The van der Waals surface area contributed by atoms with Crippen LogP contribution in [-0.2, 0) is 0 Å². The van der Waals surface area contributed by atoms with Gasteiger partial charge in [-0.05, 0) is 45.1 Å². The molecule has 0 aliphatic heterocycles. The fourth-order valence-corrected chi connectivity index (χ4v) is 1.34. The van der Waals surface area contributed by atoms with Crippen LogP contribution < -0.4 is 10.6 Å². The van der Waals surface area contributed by atoms with Crippen molar-refractivity contribution in [3.05, 3.63) is 24.2 Å². The first kappa shape index (κ1) is 11.7. The summed E-state index contributed by atoms with van der Waals surface area (Å²) in [6.45, 7) is 5.87. The van der Waals surface area contributed by atoms with Gasteiger partial charge in [-0.2, -0.15) is 0 Å². The molecule has 0 bridgehead atoms. The van der Waals surface area contributed by atoms with Gasteiger partial charge in [0.25, 0.3) is 5.91 Å². The molecule has 0 atom stereocenters. The lowest BCUT2D eigenvalue weighted by molar-refractivity contribution is 0.0949. The Hall–Kier alpha value is -1.36. The van der Waals surface area contributed by atoms with Gasteiger partial charge in [0, 0.05) is 5.54 Å². The molecule has 0 saturated carbocycles. The Morgan fingerprint density at radius 2 is 2.13 bits per heavy atom. The summed E-state index contributed by atoms with van der Waals surface area (Å²) in [5.41, 5.74) is -0.173. The molecule has 15 heavy (non-hydrogen) atoms. The first-order chi connectivity index (χ1) is 6.88. The molecule has 0 aliphatic carbocycles. The molecule has 0 spiro atoms. The van der Waals surface area contributed by atoms with Crippen molar-refractivity contribution < 1.29 is 9.21 Å². The molecule has 0 aliphatic rings. The first-order valence-electron chi connectivity index (χ1n) is 4.55. The molecule has 0 aromatic carbocycles. The van der Waals surface area contributed by atoms with Crippen molar-refractivity contribution in [3.8, 4) is 0 Å². The van der Waals surface area contributed by atoms with Crippen LogP contribution in [0.25, 0.3) is 0 Å². The van der Waals surface area contributed by atoms with E-state index >= 15 is 0 Å². The summed E-state index contributed by atoms with van der Waals surface area (Å²) in [6, 6.07) is 3.23. The lowest BCUT2D eigenvalue weighted by atomic mass is 10.1. The third kappa shape index (κ3) is 4.12. The van der Waals surface area contributed by atoms with E-state index in [9.17, 15) is 4.79 Å². The second kappa shape index (κ2) is 4.44.